The topological polar surface area (TPSA) is 57.0 Å². The summed E-state index contributed by atoms with van der Waals surface area (Å²) in [5.74, 6) is 0.352. The van der Waals surface area contributed by atoms with E-state index in [0.29, 0.717) is 5.88 Å². The maximum Gasteiger partial charge on any atom is 0.367 e. The van der Waals surface area contributed by atoms with Crippen molar-refractivity contribution in [2.24, 2.45) is 7.05 Å². The molecule has 0 amide bonds. The Morgan fingerprint density at radius 3 is 2.80 bits per heavy atom. The van der Waals surface area contributed by atoms with Crippen molar-refractivity contribution in [2.45, 2.75) is 38.2 Å². The molecule has 0 bridgehead atoms. The zero-order chi connectivity index (χ0) is 10.7. The van der Waals surface area contributed by atoms with Crippen LogP contribution in [0.2, 0.25) is 0 Å². The highest BCUT2D eigenvalue weighted by atomic mass is 16.5. The minimum absolute atomic E-state index is 0.208. The van der Waals surface area contributed by atoms with Gasteiger partial charge < -0.3 is 4.74 Å². The summed E-state index contributed by atoms with van der Waals surface area (Å²) in [5.41, 5.74) is -0.372. The molecule has 2 rings (SSSR count). The Balaban J connectivity index is 2.03. The molecule has 1 aromatic rings. The second kappa shape index (κ2) is 4.42. The van der Waals surface area contributed by atoms with Crippen LogP contribution in [0, 0.1) is 0 Å². The first kappa shape index (κ1) is 10.1. The lowest BCUT2D eigenvalue weighted by Gasteiger charge is -2.21. The van der Waals surface area contributed by atoms with Gasteiger partial charge in [0.2, 0.25) is 5.88 Å². The molecule has 1 fully saturated rings. The third-order valence-corrected chi connectivity index (χ3v) is 2.66. The number of aryl methyl sites for hydroxylation is 1. The second-order valence-corrected chi connectivity index (χ2v) is 3.88. The van der Waals surface area contributed by atoms with Gasteiger partial charge in [0.15, 0.2) is 0 Å². The molecule has 0 saturated heterocycles. The highest BCUT2D eigenvalue weighted by Gasteiger charge is 2.15. The summed E-state index contributed by atoms with van der Waals surface area (Å²) in [4.78, 5) is 15.0. The van der Waals surface area contributed by atoms with Gasteiger partial charge in [-0.15, -0.1) is 0 Å². The van der Waals surface area contributed by atoms with Crippen molar-refractivity contribution in [3.05, 3.63) is 16.7 Å². The van der Waals surface area contributed by atoms with E-state index < -0.39 is 0 Å². The quantitative estimate of drug-likeness (QED) is 0.725. The van der Waals surface area contributed by atoms with Gasteiger partial charge >= 0.3 is 5.69 Å². The Labute approximate surface area is 88.1 Å². The Morgan fingerprint density at radius 2 is 2.13 bits per heavy atom. The minimum Gasteiger partial charge on any atom is -0.473 e. The van der Waals surface area contributed by atoms with Crippen molar-refractivity contribution in [3.63, 3.8) is 0 Å². The summed E-state index contributed by atoms with van der Waals surface area (Å²) in [5, 5.41) is 3.86. The van der Waals surface area contributed by atoms with Crippen LogP contribution in [-0.2, 0) is 7.05 Å². The number of aromatic nitrogens is 3. The molecule has 1 saturated carbocycles. The second-order valence-electron chi connectivity index (χ2n) is 3.88. The highest BCUT2D eigenvalue weighted by molar-refractivity contribution is 5.00. The van der Waals surface area contributed by atoms with E-state index in [1.165, 1.54) is 30.1 Å². The lowest BCUT2D eigenvalue weighted by molar-refractivity contribution is 0.146. The molecule has 1 aromatic heterocycles. The smallest absolute Gasteiger partial charge is 0.367 e. The van der Waals surface area contributed by atoms with E-state index >= 15 is 0 Å². The number of ether oxygens (including phenoxy) is 1. The first-order chi connectivity index (χ1) is 7.25. The first-order valence-corrected chi connectivity index (χ1v) is 5.33. The van der Waals surface area contributed by atoms with Crippen LogP contribution in [0.1, 0.15) is 32.1 Å². The summed E-state index contributed by atoms with van der Waals surface area (Å²) in [6, 6.07) is 0. The molecule has 0 aliphatic heterocycles. The molecular formula is C10H15N3O2. The lowest BCUT2D eigenvalue weighted by Crippen LogP contribution is -2.26. The molecule has 0 aromatic carbocycles. The van der Waals surface area contributed by atoms with Gasteiger partial charge in [-0.2, -0.15) is 10.1 Å². The molecule has 15 heavy (non-hydrogen) atoms. The normalized spacial score (nSPS) is 17.7. The van der Waals surface area contributed by atoms with Gasteiger partial charge in [0.05, 0.1) is 0 Å². The van der Waals surface area contributed by atoms with E-state index in [-0.39, 0.29) is 11.8 Å². The molecule has 0 radical (unpaired) electrons. The fourth-order valence-electron chi connectivity index (χ4n) is 1.79. The summed E-state index contributed by atoms with van der Waals surface area (Å²) < 4.78 is 6.79. The van der Waals surface area contributed by atoms with Crippen molar-refractivity contribution in [1.82, 2.24) is 14.8 Å². The van der Waals surface area contributed by atoms with E-state index in [9.17, 15) is 4.79 Å². The first-order valence-electron chi connectivity index (χ1n) is 5.33. The summed E-state index contributed by atoms with van der Waals surface area (Å²) in [6.07, 6.45) is 7.48. The van der Waals surface area contributed by atoms with Crippen LogP contribution in [-0.4, -0.2) is 20.9 Å². The third kappa shape index (κ3) is 2.55. The van der Waals surface area contributed by atoms with E-state index in [1.807, 2.05) is 0 Å². The minimum atomic E-state index is -0.372. The molecule has 1 aliphatic carbocycles. The Bertz CT molecular complexity index is 382. The molecule has 0 atom stereocenters. The van der Waals surface area contributed by atoms with Crippen LogP contribution in [0.3, 0.4) is 0 Å². The molecule has 1 aliphatic rings. The summed E-state index contributed by atoms with van der Waals surface area (Å²) in [7, 11) is 1.57. The monoisotopic (exact) mass is 209 g/mol. The van der Waals surface area contributed by atoms with Gasteiger partial charge in [-0.25, -0.2) is 9.48 Å². The summed E-state index contributed by atoms with van der Waals surface area (Å²) in [6.45, 7) is 0. The van der Waals surface area contributed by atoms with Gasteiger partial charge in [0.1, 0.15) is 12.3 Å². The molecule has 1 heterocycles. The maximum absolute atomic E-state index is 11.2. The van der Waals surface area contributed by atoms with E-state index in [0.717, 1.165) is 12.8 Å². The lowest BCUT2D eigenvalue weighted by atomic mass is 9.98. The van der Waals surface area contributed by atoms with Crippen LogP contribution in [0.5, 0.6) is 5.88 Å². The SMILES string of the molecule is Cn1ncc(OC2CCCCC2)nc1=O. The molecule has 0 unspecified atom stereocenters. The Kier molecular flexibility index (Phi) is 2.99. The van der Waals surface area contributed by atoms with Crippen LogP contribution < -0.4 is 10.4 Å². The zero-order valence-electron chi connectivity index (χ0n) is 8.85. The average molecular weight is 209 g/mol. The predicted octanol–water partition coefficient (Wildman–Crippen LogP) is 0.887. The van der Waals surface area contributed by atoms with Crippen LogP contribution in [0.25, 0.3) is 0 Å². The van der Waals surface area contributed by atoms with E-state index in [4.69, 9.17) is 4.74 Å². The Morgan fingerprint density at radius 1 is 1.40 bits per heavy atom. The van der Waals surface area contributed by atoms with Crippen LogP contribution in [0.4, 0.5) is 0 Å². The Hall–Kier alpha value is -1.39. The molecule has 5 heteroatoms. The molecule has 5 nitrogen and oxygen atoms in total. The number of hydrogen-bond donors (Lipinski definition) is 0. The van der Waals surface area contributed by atoms with Crippen molar-refractivity contribution in [1.29, 1.82) is 0 Å². The molecule has 0 N–H and O–H groups in total. The van der Waals surface area contributed by atoms with Crippen LogP contribution in [0.15, 0.2) is 11.0 Å². The van der Waals surface area contributed by atoms with Crippen molar-refractivity contribution in [3.8, 4) is 5.88 Å². The van der Waals surface area contributed by atoms with Gasteiger partial charge in [-0.05, 0) is 25.7 Å². The third-order valence-electron chi connectivity index (χ3n) is 2.66. The largest absolute Gasteiger partial charge is 0.473 e. The number of rotatable bonds is 2. The molecule has 0 spiro atoms. The maximum atomic E-state index is 11.2. The average Bonchev–Trinajstić information content (AvgIpc) is 2.25. The van der Waals surface area contributed by atoms with Gasteiger partial charge in [0.25, 0.3) is 0 Å². The van der Waals surface area contributed by atoms with Crippen molar-refractivity contribution >= 4 is 0 Å². The molecular weight excluding hydrogens is 194 g/mol. The summed E-state index contributed by atoms with van der Waals surface area (Å²) >= 11 is 0. The van der Waals surface area contributed by atoms with E-state index in [2.05, 4.69) is 10.1 Å². The highest BCUT2D eigenvalue weighted by Crippen LogP contribution is 2.21. The number of hydrogen-bond acceptors (Lipinski definition) is 4. The fourth-order valence-corrected chi connectivity index (χ4v) is 1.79. The number of nitrogens with zero attached hydrogens (tertiary/aromatic N) is 3. The van der Waals surface area contributed by atoms with E-state index in [1.54, 1.807) is 7.05 Å². The van der Waals surface area contributed by atoms with Crippen molar-refractivity contribution < 1.29 is 4.74 Å². The van der Waals surface area contributed by atoms with Gasteiger partial charge in [-0.3, -0.25) is 0 Å². The van der Waals surface area contributed by atoms with Gasteiger partial charge in [-0.1, -0.05) is 6.42 Å². The molecule has 82 valence electrons. The van der Waals surface area contributed by atoms with Crippen LogP contribution >= 0.6 is 0 Å². The zero-order valence-corrected chi connectivity index (χ0v) is 8.85. The predicted molar refractivity (Wildman–Crippen MR) is 54.8 cm³/mol. The standard InChI is InChI=1S/C10H15N3O2/c1-13-10(14)12-9(7-11-13)15-8-5-3-2-4-6-8/h7-8H,2-6H2,1H3. The fraction of sp³-hybridized carbons (Fsp3) is 0.700. The van der Waals surface area contributed by atoms with Gasteiger partial charge in [0, 0.05) is 7.05 Å². The van der Waals surface area contributed by atoms with Crippen molar-refractivity contribution in [2.75, 3.05) is 0 Å².